The van der Waals surface area contributed by atoms with Gasteiger partial charge in [-0.1, -0.05) is 23.7 Å². The molecule has 0 aliphatic carbocycles. The summed E-state index contributed by atoms with van der Waals surface area (Å²) in [6, 6.07) is 10.8. The minimum atomic E-state index is -0.926. The van der Waals surface area contributed by atoms with E-state index in [1.807, 2.05) is 35.0 Å². The fourth-order valence-electron chi connectivity index (χ4n) is 1.59. The van der Waals surface area contributed by atoms with Crippen molar-refractivity contribution in [2.24, 2.45) is 0 Å². The van der Waals surface area contributed by atoms with Gasteiger partial charge in [-0.25, -0.2) is 4.79 Å². The third-order valence-electron chi connectivity index (χ3n) is 2.36. The van der Waals surface area contributed by atoms with E-state index in [-0.39, 0.29) is 18.0 Å². The maximum absolute atomic E-state index is 10.8. The highest BCUT2D eigenvalue weighted by Crippen LogP contribution is 2.10. The summed E-state index contributed by atoms with van der Waals surface area (Å²) in [6.45, 7) is 0.599. The number of carboxylic acids is 1. The van der Waals surface area contributed by atoms with Crippen LogP contribution in [-0.2, 0) is 6.54 Å². The minimum Gasteiger partial charge on any atom is -1.00 e. The molecule has 18 heavy (non-hydrogen) atoms. The van der Waals surface area contributed by atoms with Crippen molar-refractivity contribution in [1.29, 1.82) is 0 Å². The average Bonchev–Trinajstić information content (AvgIpc) is 2.29. The van der Waals surface area contributed by atoms with Crippen LogP contribution in [0.25, 0.3) is 0 Å². The van der Waals surface area contributed by atoms with E-state index in [1.165, 1.54) is 0 Å². The van der Waals surface area contributed by atoms with Crippen LogP contribution in [0.5, 0.6) is 0 Å². The number of rotatable bonds is 3. The van der Waals surface area contributed by atoms with Crippen LogP contribution in [0, 0.1) is 0 Å². The molecular formula is C13H11Cl2NO2. The Hall–Kier alpha value is -1.58. The number of benzene rings is 1. The van der Waals surface area contributed by atoms with Crippen LogP contribution in [0.4, 0.5) is 0 Å². The maximum atomic E-state index is 10.8. The molecule has 1 N–H and O–H groups in total. The molecular weight excluding hydrogens is 273 g/mol. The van der Waals surface area contributed by atoms with E-state index >= 15 is 0 Å². The van der Waals surface area contributed by atoms with E-state index in [0.717, 1.165) is 5.56 Å². The molecule has 0 saturated heterocycles. The van der Waals surface area contributed by atoms with Crippen LogP contribution >= 0.6 is 11.6 Å². The maximum Gasteiger partial charge on any atom is 0.341 e. The molecule has 0 amide bonds. The number of nitrogens with zero attached hydrogens (tertiary/aromatic N) is 1. The van der Waals surface area contributed by atoms with Gasteiger partial charge < -0.3 is 17.5 Å². The first kappa shape index (κ1) is 14.5. The molecule has 5 heteroatoms. The summed E-state index contributed by atoms with van der Waals surface area (Å²) in [5.41, 5.74) is 1.31. The molecule has 0 unspecified atom stereocenters. The van der Waals surface area contributed by atoms with Crippen molar-refractivity contribution in [2.45, 2.75) is 6.54 Å². The van der Waals surface area contributed by atoms with Gasteiger partial charge >= 0.3 is 5.97 Å². The van der Waals surface area contributed by atoms with Gasteiger partial charge in [-0.2, -0.15) is 4.57 Å². The second-order valence-corrected chi connectivity index (χ2v) is 4.14. The summed E-state index contributed by atoms with van der Waals surface area (Å²) < 4.78 is 1.81. The lowest BCUT2D eigenvalue weighted by Gasteiger charge is -1.99. The summed E-state index contributed by atoms with van der Waals surface area (Å²) in [5.74, 6) is -0.926. The Balaban J connectivity index is 0.00000162. The van der Waals surface area contributed by atoms with Gasteiger partial charge in [-0.3, -0.25) is 0 Å². The third-order valence-corrected chi connectivity index (χ3v) is 2.59. The van der Waals surface area contributed by atoms with Crippen LogP contribution in [-0.4, -0.2) is 11.1 Å². The molecule has 0 aliphatic heterocycles. The Kier molecular flexibility index (Phi) is 5.13. The molecule has 94 valence electrons. The van der Waals surface area contributed by atoms with Gasteiger partial charge in [-0.05, 0) is 18.2 Å². The molecule has 1 heterocycles. The van der Waals surface area contributed by atoms with Gasteiger partial charge in [0.15, 0.2) is 18.9 Å². The molecule has 0 saturated carbocycles. The Morgan fingerprint density at radius 2 is 2.06 bits per heavy atom. The summed E-state index contributed by atoms with van der Waals surface area (Å²) in [4.78, 5) is 10.8. The molecule has 2 rings (SSSR count). The van der Waals surface area contributed by atoms with Gasteiger partial charge in [0, 0.05) is 16.7 Å². The van der Waals surface area contributed by atoms with Gasteiger partial charge in [0.2, 0.25) is 0 Å². The lowest BCUT2D eigenvalue weighted by Crippen LogP contribution is -3.00. The fraction of sp³-hybridized carbons (Fsp3) is 0.0769. The van der Waals surface area contributed by atoms with Crippen molar-refractivity contribution in [3.8, 4) is 0 Å². The number of aromatic carboxylic acids is 1. The van der Waals surface area contributed by atoms with Crippen molar-refractivity contribution < 1.29 is 26.9 Å². The number of hydrogen-bond donors (Lipinski definition) is 1. The minimum absolute atomic E-state index is 0. The van der Waals surface area contributed by atoms with Crippen molar-refractivity contribution in [2.75, 3.05) is 0 Å². The van der Waals surface area contributed by atoms with Gasteiger partial charge in [0.25, 0.3) is 0 Å². The highest BCUT2D eigenvalue weighted by atomic mass is 35.5. The normalized spacial score (nSPS) is 9.61. The predicted octanol–water partition coefficient (Wildman–Crippen LogP) is -0.622. The van der Waals surface area contributed by atoms with Crippen LogP contribution in [0.15, 0.2) is 48.8 Å². The Morgan fingerprint density at radius 3 is 2.72 bits per heavy atom. The molecule has 1 aromatic carbocycles. The molecule has 1 aromatic heterocycles. The largest absolute Gasteiger partial charge is 1.00 e. The lowest BCUT2D eigenvalue weighted by molar-refractivity contribution is -0.688. The SMILES string of the molecule is O=C(O)c1ccc[n+](Cc2cccc(Cl)c2)c1.[Cl-]. The monoisotopic (exact) mass is 283 g/mol. The fourth-order valence-corrected chi connectivity index (χ4v) is 1.81. The first-order chi connectivity index (χ1) is 8.15. The molecule has 0 aliphatic rings. The highest BCUT2D eigenvalue weighted by Gasteiger charge is 2.09. The predicted molar refractivity (Wildman–Crippen MR) is 64.2 cm³/mol. The zero-order valence-corrected chi connectivity index (χ0v) is 10.9. The van der Waals surface area contributed by atoms with Gasteiger partial charge in [0.1, 0.15) is 5.56 Å². The van der Waals surface area contributed by atoms with E-state index in [2.05, 4.69) is 0 Å². The zero-order valence-electron chi connectivity index (χ0n) is 9.38. The summed E-state index contributed by atoms with van der Waals surface area (Å²) in [6.07, 6.45) is 3.43. The second-order valence-electron chi connectivity index (χ2n) is 3.70. The number of halogens is 2. The lowest BCUT2D eigenvalue weighted by atomic mass is 10.2. The third kappa shape index (κ3) is 3.72. The van der Waals surface area contributed by atoms with E-state index in [1.54, 1.807) is 18.3 Å². The molecule has 0 bridgehead atoms. The number of pyridine rings is 1. The van der Waals surface area contributed by atoms with Crippen LogP contribution in [0.3, 0.4) is 0 Å². The summed E-state index contributed by atoms with van der Waals surface area (Å²) in [5, 5.41) is 9.56. The van der Waals surface area contributed by atoms with Crippen molar-refractivity contribution in [3.63, 3.8) is 0 Å². The van der Waals surface area contributed by atoms with Crippen LogP contribution in [0.2, 0.25) is 5.02 Å². The Bertz CT molecular complexity index is 558. The number of carbonyl (C=O) groups is 1. The first-order valence-corrected chi connectivity index (χ1v) is 5.50. The Morgan fingerprint density at radius 1 is 1.28 bits per heavy atom. The van der Waals surface area contributed by atoms with Crippen LogP contribution in [0.1, 0.15) is 15.9 Å². The van der Waals surface area contributed by atoms with Gasteiger partial charge in [0.05, 0.1) is 0 Å². The Labute approximate surface area is 116 Å². The zero-order chi connectivity index (χ0) is 12.3. The number of hydrogen-bond acceptors (Lipinski definition) is 1. The van der Waals surface area contributed by atoms with Crippen molar-refractivity contribution in [3.05, 3.63) is 64.9 Å². The van der Waals surface area contributed by atoms with Crippen molar-refractivity contribution in [1.82, 2.24) is 0 Å². The summed E-state index contributed by atoms with van der Waals surface area (Å²) in [7, 11) is 0. The first-order valence-electron chi connectivity index (χ1n) is 5.12. The topological polar surface area (TPSA) is 41.2 Å². The summed E-state index contributed by atoms with van der Waals surface area (Å²) >= 11 is 5.89. The molecule has 0 radical (unpaired) electrons. The van der Waals surface area contributed by atoms with Crippen LogP contribution < -0.4 is 17.0 Å². The quantitative estimate of drug-likeness (QED) is 0.763. The smallest absolute Gasteiger partial charge is 0.341 e. The molecule has 3 nitrogen and oxygen atoms in total. The molecule has 0 fully saturated rings. The van der Waals surface area contributed by atoms with Crippen molar-refractivity contribution >= 4 is 17.6 Å². The standard InChI is InChI=1S/C13H10ClNO2.ClH/c14-12-5-1-3-10(7-12)8-15-6-2-4-11(9-15)13(16)17;/h1-7,9H,8H2;1H. The molecule has 2 aromatic rings. The second kappa shape index (κ2) is 6.38. The van der Waals surface area contributed by atoms with E-state index in [9.17, 15) is 4.79 Å². The number of carboxylic acid groups (broad SMARTS) is 1. The average molecular weight is 284 g/mol. The highest BCUT2D eigenvalue weighted by molar-refractivity contribution is 6.30. The van der Waals surface area contributed by atoms with E-state index in [4.69, 9.17) is 16.7 Å². The van der Waals surface area contributed by atoms with E-state index in [0.29, 0.717) is 11.6 Å². The number of aromatic nitrogens is 1. The van der Waals surface area contributed by atoms with Gasteiger partial charge in [-0.15, -0.1) is 0 Å². The molecule has 0 atom stereocenters. The van der Waals surface area contributed by atoms with E-state index < -0.39 is 5.97 Å². The molecule has 0 spiro atoms.